The molecule has 1 rings (SSSR count). The Balaban J connectivity index is 2.57. The van der Waals surface area contributed by atoms with Crippen molar-refractivity contribution >= 4 is 18.0 Å². The van der Waals surface area contributed by atoms with E-state index in [4.69, 9.17) is 10.2 Å². The van der Waals surface area contributed by atoms with Crippen molar-refractivity contribution in [2.75, 3.05) is 0 Å². The second kappa shape index (κ2) is 7.07. The second-order valence-corrected chi connectivity index (χ2v) is 4.08. The van der Waals surface area contributed by atoms with E-state index in [0.29, 0.717) is 5.69 Å². The van der Waals surface area contributed by atoms with Crippen LogP contribution in [0.1, 0.15) is 25.1 Å². The van der Waals surface area contributed by atoms with Gasteiger partial charge in [-0.3, -0.25) is 9.78 Å². The number of hydrogen-bond donors (Lipinski definition) is 4. The lowest BCUT2D eigenvalue weighted by Crippen LogP contribution is -2.47. The molecule has 1 unspecified atom stereocenters. The van der Waals surface area contributed by atoms with Gasteiger partial charge in [-0.1, -0.05) is 6.07 Å². The van der Waals surface area contributed by atoms with Crippen molar-refractivity contribution in [1.29, 1.82) is 0 Å². The van der Waals surface area contributed by atoms with Crippen LogP contribution in [0.4, 0.5) is 4.79 Å². The first kappa shape index (κ1) is 15.4. The van der Waals surface area contributed by atoms with Crippen LogP contribution in [-0.2, 0) is 9.59 Å². The molecule has 0 aliphatic rings. The van der Waals surface area contributed by atoms with Crippen molar-refractivity contribution in [3.05, 3.63) is 30.1 Å². The van der Waals surface area contributed by atoms with Crippen LogP contribution in [0, 0.1) is 0 Å². The van der Waals surface area contributed by atoms with E-state index in [9.17, 15) is 14.4 Å². The van der Waals surface area contributed by atoms with Crippen LogP contribution in [0.15, 0.2) is 24.4 Å². The molecular weight excluding hydrogens is 266 g/mol. The largest absolute Gasteiger partial charge is 0.481 e. The van der Waals surface area contributed by atoms with E-state index in [2.05, 4.69) is 15.6 Å². The van der Waals surface area contributed by atoms with Crippen LogP contribution in [-0.4, -0.2) is 39.2 Å². The number of nitrogens with zero attached hydrogens (tertiary/aromatic N) is 1. The van der Waals surface area contributed by atoms with Crippen molar-refractivity contribution in [3.63, 3.8) is 0 Å². The molecule has 4 N–H and O–H groups in total. The van der Waals surface area contributed by atoms with Gasteiger partial charge in [0, 0.05) is 6.20 Å². The molecule has 8 nitrogen and oxygen atoms in total. The lowest BCUT2D eigenvalue weighted by Gasteiger charge is -2.17. The third-order valence-corrected chi connectivity index (χ3v) is 2.46. The summed E-state index contributed by atoms with van der Waals surface area (Å²) in [7, 11) is 0. The summed E-state index contributed by atoms with van der Waals surface area (Å²) in [5.74, 6) is -2.72. The van der Waals surface area contributed by atoms with E-state index < -0.39 is 36.5 Å². The Bertz CT molecular complexity index is 491. The number of amides is 2. The molecule has 0 saturated carbocycles. The highest BCUT2D eigenvalue weighted by molar-refractivity contribution is 5.86. The van der Waals surface area contributed by atoms with E-state index in [1.807, 2.05) is 0 Å². The lowest BCUT2D eigenvalue weighted by atomic mass is 10.2. The first-order valence-corrected chi connectivity index (χ1v) is 5.82. The van der Waals surface area contributed by atoms with Gasteiger partial charge in [0.05, 0.1) is 18.2 Å². The monoisotopic (exact) mass is 281 g/mol. The molecule has 0 radical (unpaired) electrons. The Morgan fingerprint density at radius 1 is 1.25 bits per heavy atom. The molecule has 20 heavy (non-hydrogen) atoms. The fourth-order valence-corrected chi connectivity index (χ4v) is 1.48. The van der Waals surface area contributed by atoms with Gasteiger partial charge in [-0.05, 0) is 19.1 Å². The van der Waals surface area contributed by atoms with Gasteiger partial charge in [-0.15, -0.1) is 0 Å². The molecule has 1 aromatic rings. The zero-order valence-electron chi connectivity index (χ0n) is 10.7. The average molecular weight is 281 g/mol. The average Bonchev–Trinajstić information content (AvgIpc) is 2.38. The summed E-state index contributed by atoms with van der Waals surface area (Å²) >= 11 is 0. The van der Waals surface area contributed by atoms with Gasteiger partial charge >= 0.3 is 18.0 Å². The maximum absolute atomic E-state index is 11.6. The number of urea groups is 1. The van der Waals surface area contributed by atoms with Crippen LogP contribution in [0.5, 0.6) is 0 Å². The number of carbonyl (C=O) groups excluding carboxylic acids is 1. The number of hydrogen-bond acceptors (Lipinski definition) is 4. The fourth-order valence-electron chi connectivity index (χ4n) is 1.48. The van der Waals surface area contributed by atoms with E-state index in [0.717, 1.165) is 0 Å². The molecule has 108 valence electrons. The van der Waals surface area contributed by atoms with Gasteiger partial charge in [0.1, 0.15) is 6.04 Å². The third kappa shape index (κ3) is 4.92. The SMILES string of the molecule is CC(NC(=O)N[C@@H](CC(=O)O)C(=O)O)c1ccccn1. The number of carbonyl (C=O) groups is 3. The molecular formula is C12H15N3O5. The summed E-state index contributed by atoms with van der Waals surface area (Å²) in [5.41, 5.74) is 0.604. The lowest BCUT2D eigenvalue weighted by molar-refractivity contribution is -0.145. The van der Waals surface area contributed by atoms with Crippen LogP contribution in [0.2, 0.25) is 0 Å². The topological polar surface area (TPSA) is 129 Å². The number of carboxylic acids is 2. The number of rotatable bonds is 6. The Morgan fingerprint density at radius 2 is 1.95 bits per heavy atom. The summed E-state index contributed by atoms with van der Waals surface area (Å²) in [5, 5.41) is 21.9. The van der Waals surface area contributed by atoms with E-state index in [1.54, 1.807) is 31.3 Å². The number of nitrogens with one attached hydrogen (secondary N) is 2. The first-order chi connectivity index (χ1) is 9.40. The number of aliphatic carboxylic acids is 2. The van der Waals surface area contributed by atoms with Gasteiger partial charge in [0.2, 0.25) is 0 Å². The maximum atomic E-state index is 11.6. The summed E-state index contributed by atoms with van der Waals surface area (Å²) in [4.78, 5) is 37.0. The van der Waals surface area contributed by atoms with Crippen molar-refractivity contribution in [3.8, 4) is 0 Å². The predicted molar refractivity (Wildman–Crippen MR) is 68.0 cm³/mol. The van der Waals surface area contributed by atoms with Crippen LogP contribution in [0.3, 0.4) is 0 Å². The zero-order valence-corrected chi connectivity index (χ0v) is 10.7. The van der Waals surface area contributed by atoms with Gasteiger partial charge in [0.15, 0.2) is 0 Å². The molecule has 0 aliphatic heterocycles. The molecule has 0 aliphatic carbocycles. The standard InChI is InChI=1S/C12H15N3O5/c1-7(8-4-2-3-5-13-8)14-12(20)15-9(11(18)19)6-10(16)17/h2-5,7,9H,6H2,1H3,(H,16,17)(H,18,19)(H2,14,15,20)/t7?,9-/m0/s1. The van der Waals surface area contributed by atoms with E-state index >= 15 is 0 Å². The predicted octanol–water partition coefficient (Wildman–Crippen LogP) is 0.370. The Hall–Kier alpha value is -2.64. The molecule has 0 aromatic carbocycles. The van der Waals surface area contributed by atoms with Gasteiger partial charge < -0.3 is 20.8 Å². The Kier molecular flexibility index (Phi) is 5.45. The highest BCUT2D eigenvalue weighted by Crippen LogP contribution is 2.07. The Morgan fingerprint density at radius 3 is 2.45 bits per heavy atom. The zero-order chi connectivity index (χ0) is 15.1. The molecule has 0 bridgehead atoms. The van der Waals surface area contributed by atoms with Gasteiger partial charge in [-0.2, -0.15) is 0 Å². The normalized spacial score (nSPS) is 13.1. The van der Waals surface area contributed by atoms with Crippen molar-refractivity contribution < 1.29 is 24.6 Å². The van der Waals surface area contributed by atoms with Crippen molar-refractivity contribution in [2.24, 2.45) is 0 Å². The minimum absolute atomic E-state index is 0.435. The number of pyridine rings is 1. The highest BCUT2D eigenvalue weighted by atomic mass is 16.4. The first-order valence-electron chi connectivity index (χ1n) is 5.82. The molecule has 1 heterocycles. The molecule has 1 aromatic heterocycles. The number of carboxylic acid groups (broad SMARTS) is 2. The molecule has 8 heteroatoms. The molecule has 0 saturated heterocycles. The summed E-state index contributed by atoms with van der Waals surface area (Å²) in [6.45, 7) is 1.68. The maximum Gasteiger partial charge on any atom is 0.326 e. The van der Waals surface area contributed by atoms with Gasteiger partial charge in [-0.25, -0.2) is 9.59 Å². The van der Waals surface area contributed by atoms with Crippen LogP contribution in [0.25, 0.3) is 0 Å². The molecule has 0 spiro atoms. The van der Waals surface area contributed by atoms with E-state index in [-0.39, 0.29) is 0 Å². The van der Waals surface area contributed by atoms with Crippen LogP contribution < -0.4 is 10.6 Å². The fraction of sp³-hybridized carbons (Fsp3) is 0.333. The molecule has 0 fully saturated rings. The summed E-state index contributed by atoms with van der Waals surface area (Å²) in [6.07, 6.45) is 0.872. The smallest absolute Gasteiger partial charge is 0.326 e. The number of aromatic nitrogens is 1. The molecule has 2 atom stereocenters. The van der Waals surface area contributed by atoms with Gasteiger partial charge in [0.25, 0.3) is 0 Å². The summed E-state index contributed by atoms with van der Waals surface area (Å²) in [6, 6.07) is 2.50. The summed E-state index contributed by atoms with van der Waals surface area (Å²) < 4.78 is 0. The minimum Gasteiger partial charge on any atom is -0.481 e. The van der Waals surface area contributed by atoms with Crippen molar-refractivity contribution in [1.82, 2.24) is 15.6 Å². The van der Waals surface area contributed by atoms with Crippen LogP contribution >= 0.6 is 0 Å². The molecule has 2 amide bonds. The highest BCUT2D eigenvalue weighted by Gasteiger charge is 2.23. The van der Waals surface area contributed by atoms with E-state index in [1.165, 1.54) is 0 Å². The Labute approximate surface area is 114 Å². The minimum atomic E-state index is -1.48. The third-order valence-electron chi connectivity index (χ3n) is 2.46. The second-order valence-electron chi connectivity index (χ2n) is 4.08. The van der Waals surface area contributed by atoms with Crippen molar-refractivity contribution in [2.45, 2.75) is 25.4 Å². The quantitative estimate of drug-likeness (QED) is 0.596.